The number of benzene rings is 1. The van der Waals surface area contributed by atoms with Crippen LogP contribution in [0.1, 0.15) is 40.6 Å². The van der Waals surface area contributed by atoms with Crippen LogP contribution in [-0.4, -0.2) is 38.2 Å². The van der Waals surface area contributed by atoms with E-state index in [4.69, 9.17) is 0 Å². The number of nitrogens with zero attached hydrogens (tertiary/aromatic N) is 4. The summed E-state index contributed by atoms with van der Waals surface area (Å²) >= 11 is 0. The summed E-state index contributed by atoms with van der Waals surface area (Å²) in [5, 5.41) is 3.37. The van der Waals surface area contributed by atoms with Gasteiger partial charge in [-0.25, -0.2) is 9.48 Å². The molecule has 1 aromatic carbocycles. The lowest BCUT2D eigenvalue weighted by atomic mass is 10.0. The van der Waals surface area contributed by atoms with Gasteiger partial charge >= 0.3 is 18.0 Å². The molecule has 3 rings (SSSR count). The van der Waals surface area contributed by atoms with Crippen molar-refractivity contribution in [3.05, 3.63) is 51.7 Å². The van der Waals surface area contributed by atoms with Gasteiger partial charge in [-0.1, -0.05) is 12.1 Å². The third kappa shape index (κ3) is 4.01. The summed E-state index contributed by atoms with van der Waals surface area (Å²) < 4.78 is 79.3. The smallest absolute Gasteiger partial charge is 0.338 e. The third-order valence-electron chi connectivity index (χ3n) is 4.82. The van der Waals surface area contributed by atoms with Crippen LogP contribution in [0.3, 0.4) is 0 Å². The first kappa shape index (κ1) is 20.9. The lowest BCUT2D eigenvalue weighted by Gasteiger charge is -2.32. The molecule has 1 fully saturated rings. The molecular weight excluding hydrogens is 406 g/mol. The molecule has 29 heavy (non-hydrogen) atoms. The van der Waals surface area contributed by atoms with E-state index >= 15 is 0 Å². The number of likely N-dealkylation sites (tertiary alicyclic amines) is 1. The van der Waals surface area contributed by atoms with Gasteiger partial charge in [0, 0.05) is 20.1 Å². The summed E-state index contributed by atoms with van der Waals surface area (Å²) in [5.74, 6) is -2.15. The fourth-order valence-corrected chi connectivity index (χ4v) is 3.34. The lowest BCUT2D eigenvalue weighted by molar-refractivity contribution is -0.147. The predicted octanol–water partition coefficient (Wildman–Crippen LogP) is 3.10. The molecule has 2 aromatic rings. The Hall–Kier alpha value is -2.79. The highest BCUT2D eigenvalue weighted by atomic mass is 19.4. The molecule has 0 unspecified atom stereocenters. The highest BCUT2D eigenvalue weighted by molar-refractivity contribution is 5.96. The van der Waals surface area contributed by atoms with E-state index in [9.17, 15) is 35.9 Å². The van der Waals surface area contributed by atoms with Gasteiger partial charge in [-0.15, -0.1) is 5.10 Å². The van der Waals surface area contributed by atoms with Crippen LogP contribution >= 0.6 is 0 Å². The highest BCUT2D eigenvalue weighted by Crippen LogP contribution is 2.33. The molecule has 0 saturated carbocycles. The molecule has 2 heterocycles. The van der Waals surface area contributed by atoms with Crippen molar-refractivity contribution >= 4 is 5.91 Å². The monoisotopic (exact) mass is 422 g/mol. The van der Waals surface area contributed by atoms with Crippen LogP contribution in [0.5, 0.6) is 0 Å². The molecule has 1 aliphatic heterocycles. The SMILES string of the molecule is Cn1c(C(F)(F)F)nn(C2CCN(C(=O)c3ccccc3C(F)(F)F)CC2)c1=O. The van der Waals surface area contributed by atoms with Crippen LogP contribution < -0.4 is 5.69 Å². The van der Waals surface area contributed by atoms with E-state index in [1.54, 1.807) is 0 Å². The largest absolute Gasteiger partial charge is 0.451 e. The van der Waals surface area contributed by atoms with E-state index in [-0.39, 0.29) is 25.9 Å². The Balaban J connectivity index is 1.77. The Morgan fingerprint density at radius 2 is 1.62 bits per heavy atom. The summed E-state index contributed by atoms with van der Waals surface area (Å²) in [6.45, 7) is -0.0277. The molecule has 0 spiro atoms. The molecule has 0 N–H and O–H groups in total. The van der Waals surface area contributed by atoms with Crippen LogP contribution in [0.4, 0.5) is 26.3 Å². The number of hydrogen-bond acceptors (Lipinski definition) is 3. The van der Waals surface area contributed by atoms with Gasteiger partial charge in [0.1, 0.15) is 0 Å². The number of carbonyl (C=O) groups is 1. The zero-order valence-corrected chi connectivity index (χ0v) is 15.1. The maximum atomic E-state index is 13.1. The van der Waals surface area contributed by atoms with E-state index in [0.29, 0.717) is 4.57 Å². The fourth-order valence-electron chi connectivity index (χ4n) is 3.34. The Morgan fingerprint density at radius 3 is 2.14 bits per heavy atom. The molecule has 1 aliphatic rings. The molecule has 0 radical (unpaired) electrons. The van der Waals surface area contributed by atoms with Crippen LogP contribution in [-0.2, 0) is 19.4 Å². The van der Waals surface area contributed by atoms with Crippen molar-refractivity contribution in [1.29, 1.82) is 0 Å². The topological polar surface area (TPSA) is 60.1 Å². The van der Waals surface area contributed by atoms with Gasteiger partial charge in [-0.3, -0.25) is 9.36 Å². The standard InChI is InChI=1S/C17H16F6N4O2/c1-25-14(17(21,22)23)24-27(15(25)29)10-6-8-26(9-7-10)13(28)11-4-2-3-5-12(11)16(18,19)20/h2-5,10H,6-9H2,1H3. The molecule has 1 saturated heterocycles. The molecule has 158 valence electrons. The minimum Gasteiger partial charge on any atom is -0.338 e. The third-order valence-corrected chi connectivity index (χ3v) is 4.82. The summed E-state index contributed by atoms with van der Waals surface area (Å²) in [7, 11) is 0.960. The zero-order chi connectivity index (χ0) is 21.6. The van der Waals surface area contributed by atoms with E-state index in [1.807, 2.05) is 0 Å². The summed E-state index contributed by atoms with van der Waals surface area (Å²) in [6, 6.07) is 3.70. The molecule has 1 amide bonds. The van der Waals surface area contributed by atoms with Crippen LogP contribution in [0.2, 0.25) is 0 Å². The number of alkyl halides is 6. The van der Waals surface area contributed by atoms with Crippen LogP contribution in [0, 0.1) is 0 Å². The number of hydrogen-bond donors (Lipinski definition) is 0. The van der Waals surface area contributed by atoms with Gasteiger partial charge in [-0.05, 0) is 25.0 Å². The quantitative estimate of drug-likeness (QED) is 0.699. The fraction of sp³-hybridized carbons (Fsp3) is 0.471. The van der Waals surface area contributed by atoms with Crippen LogP contribution in [0.25, 0.3) is 0 Å². The average Bonchev–Trinajstić information content (AvgIpc) is 2.96. The van der Waals surface area contributed by atoms with Crippen molar-refractivity contribution < 1.29 is 31.1 Å². The number of aromatic nitrogens is 3. The maximum Gasteiger partial charge on any atom is 0.451 e. The maximum absolute atomic E-state index is 13.1. The van der Waals surface area contributed by atoms with Gasteiger partial charge in [0.2, 0.25) is 5.82 Å². The molecule has 6 nitrogen and oxygen atoms in total. The second-order valence-electron chi connectivity index (χ2n) is 6.67. The minimum atomic E-state index is -4.79. The van der Waals surface area contributed by atoms with Gasteiger partial charge in [0.05, 0.1) is 17.2 Å². The second-order valence-corrected chi connectivity index (χ2v) is 6.67. The van der Waals surface area contributed by atoms with Gasteiger partial charge in [0.25, 0.3) is 5.91 Å². The summed E-state index contributed by atoms with van der Waals surface area (Å²) in [6.07, 6.45) is -9.31. The minimum absolute atomic E-state index is 0.0138. The Kier molecular flexibility index (Phi) is 5.22. The predicted molar refractivity (Wildman–Crippen MR) is 88.1 cm³/mol. The van der Waals surface area contributed by atoms with Crippen molar-refractivity contribution in [3.8, 4) is 0 Å². The molecule has 0 aliphatic carbocycles. The summed E-state index contributed by atoms with van der Waals surface area (Å²) in [5.41, 5.74) is -2.49. The van der Waals surface area contributed by atoms with Crippen molar-refractivity contribution in [2.45, 2.75) is 31.2 Å². The Labute approximate surface area is 160 Å². The van der Waals surface area contributed by atoms with Gasteiger partial charge < -0.3 is 4.90 Å². The van der Waals surface area contributed by atoms with E-state index in [2.05, 4.69) is 5.10 Å². The van der Waals surface area contributed by atoms with E-state index in [1.165, 1.54) is 17.0 Å². The highest BCUT2D eigenvalue weighted by Gasteiger charge is 2.40. The molecular formula is C17H16F6N4O2. The number of halogens is 6. The second kappa shape index (κ2) is 7.23. The van der Waals surface area contributed by atoms with E-state index < -0.39 is 46.9 Å². The van der Waals surface area contributed by atoms with Gasteiger partial charge in [-0.2, -0.15) is 26.3 Å². The van der Waals surface area contributed by atoms with Crippen molar-refractivity contribution in [1.82, 2.24) is 19.2 Å². The average molecular weight is 422 g/mol. The van der Waals surface area contributed by atoms with Crippen molar-refractivity contribution in [2.24, 2.45) is 7.05 Å². The first-order chi connectivity index (χ1) is 13.4. The number of rotatable bonds is 2. The number of amides is 1. The Morgan fingerprint density at radius 1 is 1.03 bits per heavy atom. The first-order valence-corrected chi connectivity index (χ1v) is 8.59. The lowest BCUT2D eigenvalue weighted by Crippen LogP contribution is -2.41. The Bertz CT molecular complexity index is 968. The summed E-state index contributed by atoms with van der Waals surface area (Å²) in [4.78, 5) is 25.8. The van der Waals surface area contributed by atoms with Crippen molar-refractivity contribution in [3.63, 3.8) is 0 Å². The van der Waals surface area contributed by atoms with Crippen LogP contribution in [0.15, 0.2) is 29.1 Å². The van der Waals surface area contributed by atoms with E-state index in [0.717, 1.165) is 23.9 Å². The molecule has 1 aromatic heterocycles. The normalized spacial score (nSPS) is 16.3. The zero-order valence-electron chi connectivity index (χ0n) is 15.1. The first-order valence-electron chi connectivity index (χ1n) is 8.59. The molecule has 0 bridgehead atoms. The number of piperidine rings is 1. The number of carbonyl (C=O) groups excluding carboxylic acids is 1. The van der Waals surface area contributed by atoms with Gasteiger partial charge in [0.15, 0.2) is 0 Å². The molecule has 0 atom stereocenters. The van der Waals surface area contributed by atoms with Crippen molar-refractivity contribution in [2.75, 3.05) is 13.1 Å². The molecule has 12 heteroatoms.